The Morgan fingerprint density at radius 2 is 1.86 bits per heavy atom. The lowest BCUT2D eigenvalue weighted by Crippen LogP contribution is -2.12. The second-order valence-corrected chi connectivity index (χ2v) is 7.13. The van der Waals surface area contributed by atoms with Crippen LogP contribution < -0.4 is 0 Å². The van der Waals surface area contributed by atoms with Crippen molar-refractivity contribution in [1.29, 1.82) is 0 Å². The van der Waals surface area contributed by atoms with Crippen LogP contribution in [0.3, 0.4) is 0 Å². The number of rotatable bonds is 2. The molecule has 1 aliphatic rings. The highest BCUT2D eigenvalue weighted by Crippen LogP contribution is 2.46. The Morgan fingerprint density at radius 1 is 1.14 bits per heavy atom. The second kappa shape index (κ2) is 5.89. The quantitative estimate of drug-likeness (QED) is 0.619. The van der Waals surface area contributed by atoms with Gasteiger partial charge in [0.2, 0.25) is 0 Å². The minimum absolute atomic E-state index is 0.00250. The molecule has 0 aromatic heterocycles. The van der Waals surface area contributed by atoms with E-state index < -0.39 is 0 Å². The minimum atomic E-state index is -0.252. The summed E-state index contributed by atoms with van der Waals surface area (Å²) < 4.78 is 0. The van der Waals surface area contributed by atoms with E-state index in [1.54, 1.807) is 11.8 Å². The fraction of sp³-hybridized carbons (Fsp3) is 0.235. The number of ketones is 1. The van der Waals surface area contributed by atoms with Crippen LogP contribution in [0.25, 0.3) is 0 Å². The molecule has 0 saturated heterocycles. The highest BCUT2D eigenvalue weighted by Gasteiger charge is 2.30. The summed E-state index contributed by atoms with van der Waals surface area (Å²) in [4.78, 5) is 15.7. The molecule has 114 valence electrons. The average Bonchev–Trinajstić information content (AvgIpc) is 2.62. The van der Waals surface area contributed by atoms with Gasteiger partial charge in [0.05, 0.1) is 0 Å². The highest BCUT2D eigenvalue weighted by atomic mass is 32.2. The van der Waals surface area contributed by atoms with E-state index in [0.29, 0.717) is 16.9 Å². The molecule has 5 heteroatoms. The van der Waals surface area contributed by atoms with Crippen molar-refractivity contribution in [2.75, 3.05) is 6.26 Å². The molecule has 2 aromatic carbocycles. The number of Topliss-reactive ketones (excluding diaryl/α,β-unsaturated/α-hetero) is 1. The summed E-state index contributed by atoms with van der Waals surface area (Å²) in [5, 5.41) is 19.5. The van der Waals surface area contributed by atoms with E-state index in [-0.39, 0.29) is 23.2 Å². The van der Waals surface area contributed by atoms with Gasteiger partial charge < -0.3 is 10.2 Å². The average molecular weight is 332 g/mol. The van der Waals surface area contributed by atoms with E-state index in [4.69, 9.17) is 0 Å². The number of carbonyl (C=O) groups excluding carboxylic acids is 1. The Hall–Kier alpha value is -1.59. The summed E-state index contributed by atoms with van der Waals surface area (Å²) in [6, 6.07) is 8.99. The standard InChI is InChI=1S/C17H16O3S2/c1-3-10-11-6-9(21-2)4-5-15(11)22-16-8-14(19)13(18)7-12(16)17(10)20/h4-8,10,18-19H,3H2,1-2H3. The van der Waals surface area contributed by atoms with Gasteiger partial charge in [-0.1, -0.05) is 18.7 Å². The Balaban J connectivity index is 2.22. The molecule has 1 atom stereocenters. The Kier molecular flexibility index (Phi) is 4.10. The maximum atomic E-state index is 12.9. The monoisotopic (exact) mass is 332 g/mol. The third-order valence-electron chi connectivity index (χ3n) is 3.88. The Bertz CT molecular complexity index is 756. The smallest absolute Gasteiger partial charge is 0.171 e. The highest BCUT2D eigenvalue weighted by molar-refractivity contribution is 7.99. The van der Waals surface area contributed by atoms with Crippen molar-refractivity contribution < 1.29 is 15.0 Å². The molecular formula is C17H16O3S2. The second-order valence-electron chi connectivity index (χ2n) is 5.17. The Labute approximate surface area is 137 Å². The van der Waals surface area contributed by atoms with Gasteiger partial charge in [0.15, 0.2) is 17.3 Å². The molecule has 3 rings (SSSR count). The summed E-state index contributed by atoms with van der Waals surface area (Å²) in [5.74, 6) is -0.674. The molecule has 0 saturated carbocycles. The van der Waals surface area contributed by atoms with E-state index in [9.17, 15) is 15.0 Å². The maximum absolute atomic E-state index is 12.9. The normalized spacial score (nSPS) is 16.8. The number of carbonyl (C=O) groups is 1. The SMILES string of the molecule is CCC1C(=O)c2cc(O)c(O)cc2Sc2ccc(SC)cc21. The van der Waals surface area contributed by atoms with Crippen LogP contribution in [0.15, 0.2) is 45.0 Å². The third-order valence-corrected chi connectivity index (χ3v) is 5.75. The first-order valence-electron chi connectivity index (χ1n) is 7.01. The predicted molar refractivity (Wildman–Crippen MR) is 89.5 cm³/mol. The fourth-order valence-electron chi connectivity index (χ4n) is 2.71. The van der Waals surface area contributed by atoms with Gasteiger partial charge >= 0.3 is 0 Å². The number of phenols is 2. The molecule has 3 nitrogen and oxygen atoms in total. The number of hydrogen-bond donors (Lipinski definition) is 2. The van der Waals surface area contributed by atoms with Crippen LogP contribution in [-0.2, 0) is 0 Å². The first-order chi connectivity index (χ1) is 10.5. The first kappa shape index (κ1) is 15.3. The van der Waals surface area contributed by atoms with Crippen molar-refractivity contribution in [3.8, 4) is 11.5 Å². The molecule has 22 heavy (non-hydrogen) atoms. The van der Waals surface area contributed by atoms with Gasteiger partial charge in [0.1, 0.15) is 0 Å². The predicted octanol–water partition coefficient (Wildman–Crippen LogP) is 4.66. The van der Waals surface area contributed by atoms with Crippen LogP contribution in [0.4, 0.5) is 0 Å². The van der Waals surface area contributed by atoms with Crippen LogP contribution >= 0.6 is 23.5 Å². The molecule has 0 bridgehead atoms. The summed E-state index contributed by atoms with van der Waals surface area (Å²) in [6.07, 6.45) is 2.71. The molecule has 2 aromatic rings. The van der Waals surface area contributed by atoms with E-state index in [1.165, 1.54) is 23.9 Å². The van der Waals surface area contributed by atoms with Crippen LogP contribution in [0.2, 0.25) is 0 Å². The number of phenolic OH excluding ortho intramolecular Hbond substituents is 2. The zero-order chi connectivity index (χ0) is 15.9. The van der Waals surface area contributed by atoms with Gasteiger partial charge in [-0.3, -0.25) is 4.79 Å². The topological polar surface area (TPSA) is 57.5 Å². The molecule has 0 amide bonds. The molecule has 0 aliphatic carbocycles. The lowest BCUT2D eigenvalue weighted by Gasteiger charge is -2.15. The van der Waals surface area contributed by atoms with Crippen molar-refractivity contribution in [2.24, 2.45) is 0 Å². The molecule has 0 fully saturated rings. The zero-order valence-corrected chi connectivity index (χ0v) is 13.9. The lowest BCUT2D eigenvalue weighted by molar-refractivity contribution is 0.0953. The van der Waals surface area contributed by atoms with Crippen LogP contribution in [0, 0.1) is 0 Å². The fourth-order valence-corrected chi connectivity index (χ4v) is 4.29. The van der Waals surface area contributed by atoms with Crippen molar-refractivity contribution in [1.82, 2.24) is 0 Å². The van der Waals surface area contributed by atoms with Gasteiger partial charge in [-0.2, -0.15) is 0 Å². The van der Waals surface area contributed by atoms with E-state index >= 15 is 0 Å². The summed E-state index contributed by atoms with van der Waals surface area (Å²) in [7, 11) is 0. The van der Waals surface area contributed by atoms with Gasteiger partial charge in [-0.25, -0.2) is 0 Å². The lowest BCUT2D eigenvalue weighted by atomic mass is 9.88. The Morgan fingerprint density at radius 3 is 2.55 bits per heavy atom. The van der Waals surface area contributed by atoms with Crippen molar-refractivity contribution in [2.45, 2.75) is 33.9 Å². The van der Waals surface area contributed by atoms with E-state index in [2.05, 4.69) is 6.07 Å². The first-order valence-corrected chi connectivity index (χ1v) is 9.05. The van der Waals surface area contributed by atoms with Gasteiger partial charge in [-0.15, -0.1) is 11.8 Å². The number of hydrogen-bond acceptors (Lipinski definition) is 5. The summed E-state index contributed by atoms with van der Waals surface area (Å²) in [6.45, 7) is 1.99. The number of aromatic hydroxyl groups is 2. The molecule has 1 unspecified atom stereocenters. The van der Waals surface area contributed by atoms with Crippen LogP contribution in [0.5, 0.6) is 11.5 Å². The molecule has 1 heterocycles. The van der Waals surface area contributed by atoms with Crippen LogP contribution in [-0.4, -0.2) is 22.3 Å². The van der Waals surface area contributed by atoms with Crippen molar-refractivity contribution in [3.05, 3.63) is 41.5 Å². The number of thioether (sulfide) groups is 1. The van der Waals surface area contributed by atoms with Gasteiger partial charge in [0.25, 0.3) is 0 Å². The molecule has 0 radical (unpaired) electrons. The molecule has 1 aliphatic heterocycles. The van der Waals surface area contributed by atoms with Gasteiger partial charge in [0, 0.05) is 26.2 Å². The third kappa shape index (κ3) is 2.48. The zero-order valence-electron chi connectivity index (χ0n) is 12.3. The van der Waals surface area contributed by atoms with Crippen molar-refractivity contribution in [3.63, 3.8) is 0 Å². The minimum Gasteiger partial charge on any atom is -0.504 e. The maximum Gasteiger partial charge on any atom is 0.171 e. The van der Waals surface area contributed by atoms with E-state index in [1.807, 2.05) is 25.3 Å². The summed E-state index contributed by atoms with van der Waals surface area (Å²) in [5.41, 5.74) is 1.51. The number of benzene rings is 2. The summed E-state index contributed by atoms with van der Waals surface area (Å²) >= 11 is 3.12. The largest absolute Gasteiger partial charge is 0.504 e. The molecule has 0 spiro atoms. The van der Waals surface area contributed by atoms with Gasteiger partial charge in [-0.05, 0) is 48.6 Å². The molecule has 2 N–H and O–H groups in total. The number of fused-ring (bicyclic) bond motifs is 2. The van der Waals surface area contributed by atoms with E-state index in [0.717, 1.165) is 15.4 Å². The van der Waals surface area contributed by atoms with Crippen molar-refractivity contribution >= 4 is 29.3 Å². The van der Waals surface area contributed by atoms with Crippen LogP contribution in [0.1, 0.15) is 35.2 Å². The molecular weight excluding hydrogens is 316 g/mol.